The van der Waals surface area contributed by atoms with Crippen LogP contribution in [-0.2, 0) is 67.8 Å². The Balaban J connectivity index is 2.68. The van der Waals surface area contributed by atoms with Crippen LogP contribution in [-0.4, -0.2) is 135 Å². The number of benzene rings is 1. The van der Waals surface area contributed by atoms with Gasteiger partial charge in [0.2, 0.25) is 11.8 Å². The van der Waals surface area contributed by atoms with Crippen molar-refractivity contribution < 1.29 is 81.0 Å². The Morgan fingerprint density at radius 3 is 1.67 bits per heavy atom. The molecule has 0 aromatic heterocycles. The summed E-state index contributed by atoms with van der Waals surface area (Å²) >= 11 is 0. The largest absolute Gasteiger partial charge is 0.756 e. The Morgan fingerprint density at radius 2 is 1.13 bits per heavy atom. The molecule has 0 aliphatic heterocycles. The van der Waals surface area contributed by atoms with Gasteiger partial charge in [-0.15, -0.1) is 0 Å². The summed E-state index contributed by atoms with van der Waals surface area (Å²) in [5.41, 5.74) is 0.569. The number of phosphoric acid groups is 1. The molecule has 19 nitrogen and oxygen atoms in total. The van der Waals surface area contributed by atoms with E-state index in [-0.39, 0.29) is 75.8 Å². The van der Waals surface area contributed by atoms with Gasteiger partial charge in [0.15, 0.2) is 11.9 Å². The lowest BCUT2D eigenvalue weighted by Gasteiger charge is -2.28. The number of rotatable bonds is 47. The maximum Gasteiger partial charge on any atom is 0.326 e. The fraction of sp³-hybridized carbons (Fsp3) is 0.768. The van der Waals surface area contributed by atoms with Crippen LogP contribution in [0.4, 0.5) is 0 Å². The number of esters is 2. The van der Waals surface area contributed by atoms with E-state index in [0.717, 1.165) is 19.3 Å². The van der Waals surface area contributed by atoms with Crippen LogP contribution in [0.1, 0.15) is 181 Å². The van der Waals surface area contributed by atoms with Crippen LogP contribution in [0, 0.1) is 17.8 Å². The number of phenolic OH excluding ortho intramolecular Hbond substituents is 1. The van der Waals surface area contributed by atoms with E-state index in [1.165, 1.54) is 76.8 Å². The average Bonchev–Trinajstić information content (AvgIpc) is 3.34. The number of hydrogen-bond donors (Lipinski definition) is 4. The smallest absolute Gasteiger partial charge is 0.326 e. The van der Waals surface area contributed by atoms with Crippen LogP contribution in [0.25, 0.3) is 0 Å². The number of nitrogens with zero attached hydrogens (tertiary/aromatic N) is 1. The molecule has 76 heavy (non-hydrogen) atoms. The van der Waals surface area contributed by atoms with Gasteiger partial charge in [-0.25, -0.2) is 4.79 Å². The molecule has 0 saturated carbocycles. The molecule has 1 aromatic rings. The number of likely N-dealkylation sites (N-methyl/N-ethyl adjacent to an activating group) is 1. The molecule has 20 heteroatoms. The molecule has 436 valence electrons. The third kappa shape index (κ3) is 36.0. The first-order valence-electron chi connectivity index (χ1n) is 27.9. The van der Waals surface area contributed by atoms with Gasteiger partial charge in [0, 0.05) is 63.1 Å². The first-order valence-corrected chi connectivity index (χ1v) is 29.4. The van der Waals surface area contributed by atoms with Crippen LogP contribution in [0.3, 0.4) is 0 Å². The van der Waals surface area contributed by atoms with Gasteiger partial charge >= 0.3 is 17.9 Å². The number of Topliss-reactive ketones (excluding diaryl/α,β-unsaturated/α-hetero) is 2. The van der Waals surface area contributed by atoms with Crippen molar-refractivity contribution in [2.75, 3.05) is 60.7 Å². The maximum absolute atomic E-state index is 13.7. The minimum absolute atomic E-state index is 0.00594. The van der Waals surface area contributed by atoms with E-state index >= 15 is 0 Å². The maximum atomic E-state index is 13.7. The van der Waals surface area contributed by atoms with Crippen molar-refractivity contribution in [3.8, 4) is 5.75 Å². The molecule has 2 amide bonds. The van der Waals surface area contributed by atoms with Crippen molar-refractivity contribution in [3.63, 3.8) is 0 Å². The number of nitrogens with one attached hydrogen (secondary N) is 2. The van der Waals surface area contributed by atoms with E-state index in [0.29, 0.717) is 55.3 Å². The average molecular weight is 1100 g/mol. The standard InChI is InChI=1S/C56H96N3O16P/c1-9-10-11-12-13-14-15-16-17-18-19-20-21-27-52(63)72-40-47(41-74-76(69,70)73-36-33-59(6,7)8)75-53(64)28-23-25-35-71-34-24-22-26-48(57-54(65)43(4)37-50(61)42(2)3)51(62)38-44(5)55(66)58-49(56(67)68)39-45-29-31-46(60)32-30-45/h29-32,42-44,47-49H,9-28,33-41H2,1-8H3,(H4-,57,58,60,65,66,67,68,69,70)/t43-,44-,47?,48+,49+/m1/s1. The molecule has 0 saturated heterocycles. The van der Waals surface area contributed by atoms with E-state index in [4.69, 9.17) is 23.3 Å². The van der Waals surface area contributed by atoms with Gasteiger partial charge in [-0.05, 0) is 56.2 Å². The summed E-state index contributed by atoms with van der Waals surface area (Å²) in [6, 6.07) is 3.63. The highest BCUT2D eigenvalue weighted by molar-refractivity contribution is 7.45. The molecule has 0 fully saturated rings. The second kappa shape index (κ2) is 40.0. The summed E-state index contributed by atoms with van der Waals surface area (Å²) in [5.74, 6) is -5.97. The molecule has 0 aliphatic rings. The van der Waals surface area contributed by atoms with Gasteiger partial charge in [0.1, 0.15) is 37.3 Å². The van der Waals surface area contributed by atoms with Crippen molar-refractivity contribution in [2.45, 2.75) is 200 Å². The summed E-state index contributed by atoms with van der Waals surface area (Å²) in [5, 5.41) is 24.6. The number of hydrogen-bond acceptors (Lipinski definition) is 15. The second-order valence-electron chi connectivity index (χ2n) is 21.6. The molecular formula is C56H96N3O16P. The van der Waals surface area contributed by atoms with Crippen molar-refractivity contribution in [3.05, 3.63) is 29.8 Å². The summed E-state index contributed by atoms with van der Waals surface area (Å²) in [7, 11) is 0.884. The van der Waals surface area contributed by atoms with Crippen LogP contribution < -0.4 is 15.5 Å². The van der Waals surface area contributed by atoms with Gasteiger partial charge in [-0.1, -0.05) is 124 Å². The van der Waals surface area contributed by atoms with Crippen molar-refractivity contribution in [1.29, 1.82) is 0 Å². The molecule has 6 atom stereocenters. The topological polar surface area (TPSA) is 270 Å². The molecule has 4 N–H and O–H groups in total. The third-order valence-electron chi connectivity index (χ3n) is 12.8. The molecule has 0 aliphatic carbocycles. The van der Waals surface area contributed by atoms with Crippen molar-refractivity contribution in [2.24, 2.45) is 17.8 Å². The Labute approximate surface area is 453 Å². The zero-order chi connectivity index (χ0) is 56.9. The fourth-order valence-electron chi connectivity index (χ4n) is 7.85. The zero-order valence-corrected chi connectivity index (χ0v) is 48.2. The summed E-state index contributed by atoms with van der Waals surface area (Å²) in [6.45, 7) is 8.69. The Hall–Kier alpha value is -4.26. The van der Waals surface area contributed by atoms with E-state index in [9.17, 15) is 53.2 Å². The number of amides is 2. The number of ether oxygens (including phenoxy) is 3. The Kier molecular flexibility index (Phi) is 36.7. The molecule has 0 bridgehead atoms. The molecule has 1 rings (SSSR count). The zero-order valence-electron chi connectivity index (χ0n) is 47.3. The lowest BCUT2D eigenvalue weighted by atomic mass is 9.94. The van der Waals surface area contributed by atoms with Gasteiger partial charge in [-0.3, -0.25) is 33.3 Å². The van der Waals surface area contributed by atoms with Crippen LogP contribution in [0.15, 0.2) is 24.3 Å². The predicted molar refractivity (Wildman–Crippen MR) is 288 cm³/mol. The van der Waals surface area contributed by atoms with E-state index in [2.05, 4.69) is 17.6 Å². The number of aromatic hydroxyl groups is 1. The lowest BCUT2D eigenvalue weighted by molar-refractivity contribution is -0.870. The normalized spacial score (nSPS) is 14.4. The third-order valence-corrected chi connectivity index (χ3v) is 13.8. The molecule has 0 spiro atoms. The first-order chi connectivity index (χ1) is 35.9. The first kappa shape index (κ1) is 69.8. The highest BCUT2D eigenvalue weighted by Crippen LogP contribution is 2.38. The molecule has 1 aromatic carbocycles. The van der Waals surface area contributed by atoms with Crippen LogP contribution in [0.5, 0.6) is 5.75 Å². The van der Waals surface area contributed by atoms with E-state index < -0.39 is 80.0 Å². The van der Waals surface area contributed by atoms with Gasteiger partial charge in [0.25, 0.3) is 7.82 Å². The van der Waals surface area contributed by atoms with Crippen molar-refractivity contribution >= 4 is 49.1 Å². The number of carboxylic acids is 1. The highest BCUT2D eigenvalue weighted by Gasteiger charge is 2.30. The number of carboxylic acid groups (broad SMARTS) is 1. The Bertz CT molecular complexity index is 1890. The SMILES string of the molecule is CCCCCCCCCCCCCCCC(=O)OCC(COP(=O)([O-])OCC[N+](C)(C)C)OC(=O)CCCCOCCCC[C@H](NC(=O)[C@H](C)CC(=O)C(C)C)C(=O)C[C@@H](C)C(=O)N[C@@H](Cc1ccc(O)cc1)C(=O)O. The number of aliphatic carboxylic acids is 1. The number of quaternary nitrogens is 1. The minimum Gasteiger partial charge on any atom is -0.756 e. The number of unbranched alkanes of at least 4 members (excludes halogenated alkanes) is 14. The molecule has 2 unspecified atom stereocenters. The molecular weight excluding hydrogens is 1000 g/mol. The number of phosphoric ester groups is 1. The quantitative estimate of drug-likeness (QED) is 0.0207. The summed E-state index contributed by atoms with van der Waals surface area (Å²) < 4.78 is 39.7. The number of phenols is 1. The second-order valence-corrected chi connectivity index (χ2v) is 23.0. The van der Waals surface area contributed by atoms with Crippen LogP contribution >= 0.6 is 7.82 Å². The minimum atomic E-state index is -4.76. The van der Waals surface area contributed by atoms with Gasteiger partial charge in [0.05, 0.1) is 33.8 Å². The predicted octanol–water partition coefficient (Wildman–Crippen LogP) is 8.34. The van der Waals surface area contributed by atoms with Gasteiger partial charge < -0.3 is 53.5 Å². The monoisotopic (exact) mass is 1100 g/mol. The summed E-state index contributed by atoms with van der Waals surface area (Å²) in [4.78, 5) is 102. The fourth-order valence-corrected chi connectivity index (χ4v) is 8.58. The van der Waals surface area contributed by atoms with Crippen LogP contribution in [0.2, 0.25) is 0 Å². The number of carbonyl (C=O) groups excluding carboxylic acids is 6. The molecule has 0 radical (unpaired) electrons. The lowest BCUT2D eigenvalue weighted by Crippen LogP contribution is -2.47. The van der Waals surface area contributed by atoms with Crippen molar-refractivity contribution in [1.82, 2.24) is 10.6 Å². The summed E-state index contributed by atoms with van der Waals surface area (Å²) in [6.07, 6.45) is 15.8. The van der Waals surface area contributed by atoms with E-state index in [1.54, 1.807) is 32.9 Å². The number of carbonyl (C=O) groups is 7. The molecule has 0 heterocycles. The Morgan fingerprint density at radius 1 is 0.632 bits per heavy atom. The van der Waals surface area contributed by atoms with Gasteiger partial charge in [-0.2, -0.15) is 0 Å². The van der Waals surface area contributed by atoms with E-state index in [1.807, 2.05) is 21.1 Å². The highest BCUT2D eigenvalue weighted by atomic mass is 31.2. The number of ketones is 2.